The van der Waals surface area contributed by atoms with Crippen LogP contribution in [0.15, 0.2) is 30.5 Å². The third kappa shape index (κ3) is 2.97. The summed E-state index contributed by atoms with van der Waals surface area (Å²) >= 11 is 5.79. The summed E-state index contributed by atoms with van der Waals surface area (Å²) in [7, 11) is 0. The molecule has 0 saturated heterocycles. The van der Waals surface area contributed by atoms with E-state index >= 15 is 0 Å². The van der Waals surface area contributed by atoms with E-state index in [1.165, 1.54) is 18.3 Å². The van der Waals surface area contributed by atoms with Gasteiger partial charge in [-0.25, -0.2) is 0 Å². The number of alkyl halides is 3. The minimum absolute atomic E-state index is 0.122. The summed E-state index contributed by atoms with van der Waals surface area (Å²) in [6, 6.07) is 6.16. The third-order valence-corrected chi connectivity index (χ3v) is 2.70. The molecule has 1 aromatic carbocycles. The monoisotopic (exact) mass is 298 g/mol. The molecule has 2 rings (SSSR count). The van der Waals surface area contributed by atoms with Gasteiger partial charge in [0, 0.05) is 0 Å². The third-order valence-electron chi connectivity index (χ3n) is 2.39. The zero-order chi connectivity index (χ0) is 14.8. The predicted molar refractivity (Wildman–Crippen MR) is 66.5 cm³/mol. The van der Waals surface area contributed by atoms with Crippen molar-refractivity contribution in [1.82, 2.24) is 10.2 Å². The standard InChI is InChI=1S/C12H6ClF3N4/c13-9-5-8(12(14,15)16)1-2-10(9)19-11-7(6-17)3-4-18-20-11/h1-5H,(H,19,20). The minimum atomic E-state index is -4.47. The van der Waals surface area contributed by atoms with E-state index in [0.717, 1.165) is 12.1 Å². The number of rotatable bonds is 2. The number of nitrogens with zero attached hydrogens (tertiary/aromatic N) is 3. The molecule has 0 radical (unpaired) electrons. The lowest BCUT2D eigenvalue weighted by molar-refractivity contribution is -0.137. The first-order chi connectivity index (χ1) is 9.41. The maximum absolute atomic E-state index is 12.5. The van der Waals surface area contributed by atoms with Crippen LogP contribution in [0.5, 0.6) is 0 Å². The Bertz CT molecular complexity index is 679. The van der Waals surface area contributed by atoms with E-state index in [0.29, 0.717) is 0 Å². The molecule has 0 unspecified atom stereocenters. The highest BCUT2D eigenvalue weighted by atomic mass is 35.5. The Morgan fingerprint density at radius 3 is 2.60 bits per heavy atom. The van der Waals surface area contributed by atoms with Crippen molar-refractivity contribution in [3.05, 3.63) is 46.6 Å². The van der Waals surface area contributed by atoms with Crippen LogP contribution in [0.25, 0.3) is 0 Å². The summed E-state index contributed by atoms with van der Waals surface area (Å²) in [5.74, 6) is 0.122. The number of hydrogen-bond donors (Lipinski definition) is 1. The Kier molecular flexibility index (Phi) is 3.77. The second-order valence-electron chi connectivity index (χ2n) is 3.72. The van der Waals surface area contributed by atoms with Crippen LogP contribution in [0.1, 0.15) is 11.1 Å². The van der Waals surface area contributed by atoms with Crippen molar-refractivity contribution in [1.29, 1.82) is 5.26 Å². The molecule has 1 N–H and O–H groups in total. The second-order valence-corrected chi connectivity index (χ2v) is 4.13. The summed E-state index contributed by atoms with van der Waals surface area (Å²) in [5, 5.41) is 18.7. The van der Waals surface area contributed by atoms with Gasteiger partial charge < -0.3 is 5.32 Å². The Labute approximate surface area is 116 Å². The highest BCUT2D eigenvalue weighted by Crippen LogP contribution is 2.34. The number of hydrogen-bond acceptors (Lipinski definition) is 4. The normalized spacial score (nSPS) is 10.9. The number of aromatic nitrogens is 2. The summed E-state index contributed by atoms with van der Waals surface area (Å²) in [5.41, 5.74) is -0.444. The maximum Gasteiger partial charge on any atom is 0.416 e. The molecule has 4 nitrogen and oxygen atoms in total. The first-order valence-electron chi connectivity index (χ1n) is 5.27. The van der Waals surface area contributed by atoms with Gasteiger partial charge in [-0.3, -0.25) is 0 Å². The summed E-state index contributed by atoms with van der Waals surface area (Å²) in [4.78, 5) is 0. The smallest absolute Gasteiger partial charge is 0.336 e. The summed E-state index contributed by atoms with van der Waals surface area (Å²) in [6.07, 6.45) is -3.13. The topological polar surface area (TPSA) is 61.6 Å². The van der Waals surface area contributed by atoms with E-state index in [1.807, 2.05) is 6.07 Å². The van der Waals surface area contributed by atoms with Gasteiger partial charge in [0.25, 0.3) is 0 Å². The average molecular weight is 299 g/mol. The molecule has 8 heteroatoms. The van der Waals surface area contributed by atoms with Crippen LogP contribution in [0.4, 0.5) is 24.7 Å². The van der Waals surface area contributed by atoms with Gasteiger partial charge in [-0.05, 0) is 24.3 Å². The predicted octanol–water partition coefficient (Wildman–Crippen LogP) is 3.76. The molecule has 2 aromatic rings. The first-order valence-corrected chi connectivity index (χ1v) is 5.65. The van der Waals surface area contributed by atoms with Crippen molar-refractivity contribution in [3.63, 3.8) is 0 Å². The van der Waals surface area contributed by atoms with Gasteiger partial charge in [0.05, 0.1) is 28.0 Å². The van der Waals surface area contributed by atoms with Gasteiger partial charge in [-0.15, -0.1) is 5.10 Å². The van der Waals surface area contributed by atoms with Gasteiger partial charge in [-0.1, -0.05) is 11.6 Å². The highest BCUT2D eigenvalue weighted by Gasteiger charge is 2.30. The molecule has 102 valence electrons. The molecule has 0 saturated carbocycles. The molecular weight excluding hydrogens is 293 g/mol. The fraction of sp³-hybridized carbons (Fsp3) is 0.0833. The van der Waals surface area contributed by atoms with E-state index < -0.39 is 11.7 Å². The van der Waals surface area contributed by atoms with E-state index in [2.05, 4.69) is 15.5 Å². The average Bonchev–Trinajstić information content (AvgIpc) is 2.40. The van der Waals surface area contributed by atoms with Gasteiger partial charge in [0.15, 0.2) is 5.82 Å². The van der Waals surface area contributed by atoms with Crippen molar-refractivity contribution in [3.8, 4) is 6.07 Å². The van der Waals surface area contributed by atoms with Crippen LogP contribution in [-0.4, -0.2) is 10.2 Å². The molecule has 0 fully saturated rings. The van der Waals surface area contributed by atoms with Gasteiger partial charge in [-0.2, -0.15) is 23.5 Å². The number of nitriles is 1. The van der Waals surface area contributed by atoms with Crippen LogP contribution in [0.2, 0.25) is 5.02 Å². The summed E-state index contributed by atoms with van der Waals surface area (Å²) < 4.78 is 37.5. The van der Waals surface area contributed by atoms with E-state index in [4.69, 9.17) is 16.9 Å². The van der Waals surface area contributed by atoms with Crippen molar-refractivity contribution >= 4 is 23.1 Å². The number of benzene rings is 1. The van der Waals surface area contributed by atoms with Crippen LogP contribution in [0, 0.1) is 11.3 Å². The largest absolute Gasteiger partial charge is 0.416 e. The zero-order valence-electron chi connectivity index (χ0n) is 9.74. The Morgan fingerprint density at radius 1 is 1.25 bits per heavy atom. The Hall–Kier alpha value is -2.33. The van der Waals surface area contributed by atoms with Crippen molar-refractivity contribution < 1.29 is 13.2 Å². The molecule has 0 bridgehead atoms. The minimum Gasteiger partial charge on any atom is -0.336 e. The van der Waals surface area contributed by atoms with Crippen LogP contribution < -0.4 is 5.32 Å². The fourth-order valence-corrected chi connectivity index (χ4v) is 1.66. The first kappa shape index (κ1) is 14.1. The molecule has 1 heterocycles. The van der Waals surface area contributed by atoms with Gasteiger partial charge in [0.1, 0.15) is 6.07 Å². The molecule has 0 aliphatic heterocycles. The maximum atomic E-state index is 12.5. The molecular formula is C12H6ClF3N4. The quantitative estimate of drug-likeness (QED) is 0.917. The van der Waals surface area contributed by atoms with E-state index in [9.17, 15) is 13.2 Å². The Morgan fingerprint density at radius 2 is 2.00 bits per heavy atom. The van der Waals surface area contributed by atoms with Crippen LogP contribution >= 0.6 is 11.6 Å². The zero-order valence-corrected chi connectivity index (χ0v) is 10.5. The fourth-order valence-electron chi connectivity index (χ4n) is 1.43. The van der Waals surface area contributed by atoms with Crippen LogP contribution in [-0.2, 0) is 6.18 Å². The SMILES string of the molecule is N#Cc1ccnnc1Nc1ccc(C(F)(F)F)cc1Cl. The number of nitrogens with one attached hydrogen (secondary N) is 1. The molecule has 0 aliphatic carbocycles. The molecule has 1 aromatic heterocycles. The molecule has 0 spiro atoms. The lowest BCUT2D eigenvalue weighted by Crippen LogP contribution is -2.05. The van der Waals surface area contributed by atoms with Crippen molar-refractivity contribution in [2.75, 3.05) is 5.32 Å². The molecule has 0 atom stereocenters. The molecule has 0 aliphatic rings. The highest BCUT2D eigenvalue weighted by molar-refractivity contribution is 6.33. The van der Waals surface area contributed by atoms with E-state index in [-0.39, 0.29) is 22.1 Å². The van der Waals surface area contributed by atoms with Gasteiger partial charge >= 0.3 is 6.18 Å². The summed E-state index contributed by atoms with van der Waals surface area (Å²) in [6.45, 7) is 0. The van der Waals surface area contributed by atoms with Gasteiger partial charge in [0.2, 0.25) is 0 Å². The lowest BCUT2D eigenvalue weighted by Gasteiger charge is -2.11. The van der Waals surface area contributed by atoms with Crippen molar-refractivity contribution in [2.45, 2.75) is 6.18 Å². The van der Waals surface area contributed by atoms with Crippen LogP contribution in [0.3, 0.4) is 0 Å². The molecule has 20 heavy (non-hydrogen) atoms. The number of anilines is 2. The Balaban J connectivity index is 2.34. The van der Waals surface area contributed by atoms with Crippen molar-refractivity contribution in [2.24, 2.45) is 0 Å². The van der Waals surface area contributed by atoms with E-state index in [1.54, 1.807) is 0 Å². The molecule has 0 amide bonds. The lowest BCUT2D eigenvalue weighted by atomic mass is 10.2. The number of halogens is 4. The second kappa shape index (κ2) is 5.35.